The van der Waals surface area contributed by atoms with Crippen LogP contribution in [0.3, 0.4) is 0 Å². The third-order valence-corrected chi connectivity index (χ3v) is 2.90. The Kier molecular flexibility index (Phi) is 4.95. The highest BCUT2D eigenvalue weighted by Gasteiger charge is 2.31. The van der Waals surface area contributed by atoms with Gasteiger partial charge < -0.3 is 10.1 Å². The first-order valence-electron chi connectivity index (χ1n) is 6.29. The minimum atomic E-state index is -0.466. The van der Waals surface area contributed by atoms with Crippen LogP contribution in [0.5, 0.6) is 0 Å². The van der Waals surface area contributed by atoms with Gasteiger partial charge in [-0.1, -0.05) is 0 Å². The predicted octanol–water partition coefficient (Wildman–Crippen LogP) is 1.06. The number of nitrogens with one attached hydrogen (secondary N) is 2. The van der Waals surface area contributed by atoms with E-state index in [2.05, 4.69) is 10.7 Å². The fourth-order valence-electron chi connectivity index (χ4n) is 1.97. The summed E-state index contributed by atoms with van der Waals surface area (Å²) in [6, 6.07) is 0.172. The molecule has 1 rings (SSSR count). The van der Waals surface area contributed by atoms with Crippen molar-refractivity contribution in [2.24, 2.45) is 11.8 Å². The van der Waals surface area contributed by atoms with Crippen LogP contribution < -0.4 is 16.6 Å². The Morgan fingerprint density at radius 2 is 1.94 bits per heavy atom. The van der Waals surface area contributed by atoms with E-state index in [9.17, 15) is 9.59 Å². The molecule has 1 aliphatic rings. The number of rotatable bonds is 4. The lowest BCUT2D eigenvalue weighted by Gasteiger charge is -2.36. The van der Waals surface area contributed by atoms with Crippen LogP contribution in [0.4, 0.5) is 4.79 Å². The Morgan fingerprint density at radius 3 is 2.44 bits per heavy atom. The van der Waals surface area contributed by atoms with E-state index in [1.54, 1.807) is 0 Å². The summed E-state index contributed by atoms with van der Waals surface area (Å²) in [5.74, 6) is 5.34. The maximum atomic E-state index is 11.5. The lowest BCUT2D eigenvalue weighted by Crippen LogP contribution is -2.46. The van der Waals surface area contributed by atoms with Gasteiger partial charge in [0.05, 0.1) is 0 Å². The van der Waals surface area contributed by atoms with Crippen LogP contribution >= 0.6 is 0 Å². The molecular formula is C12H23N3O3. The van der Waals surface area contributed by atoms with Gasteiger partial charge >= 0.3 is 6.09 Å². The largest absolute Gasteiger partial charge is 0.444 e. The molecule has 0 spiro atoms. The number of hydrogen-bond donors (Lipinski definition) is 3. The number of ether oxygens (including phenoxy) is 1. The monoisotopic (exact) mass is 257 g/mol. The molecule has 0 saturated heterocycles. The lowest BCUT2D eigenvalue weighted by atomic mass is 9.77. The third kappa shape index (κ3) is 5.35. The summed E-state index contributed by atoms with van der Waals surface area (Å²) in [4.78, 5) is 22.4. The van der Waals surface area contributed by atoms with E-state index in [1.165, 1.54) is 0 Å². The van der Waals surface area contributed by atoms with Crippen molar-refractivity contribution in [3.63, 3.8) is 0 Å². The molecule has 0 aliphatic heterocycles. The van der Waals surface area contributed by atoms with Gasteiger partial charge in [0.1, 0.15) is 5.60 Å². The van der Waals surface area contributed by atoms with Crippen molar-refractivity contribution in [2.75, 3.05) is 0 Å². The van der Waals surface area contributed by atoms with Crippen molar-refractivity contribution in [3.05, 3.63) is 0 Å². The molecule has 0 aromatic heterocycles. The van der Waals surface area contributed by atoms with Gasteiger partial charge in [-0.15, -0.1) is 0 Å². The molecule has 104 valence electrons. The Morgan fingerprint density at radius 1 is 1.33 bits per heavy atom. The quantitative estimate of drug-likeness (QED) is 0.399. The first-order valence-corrected chi connectivity index (χ1v) is 6.29. The molecule has 1 fully saturated rings. The van der Waals surface area contributed by atoms with Crippen LogP contribution in [0.2, 0.25) is 0 Å². The smallest absolute Gasteiger partial charge is 0.407 e. The molecule has 0 bridgehead atoms. The van der Waals surface area contributed by atoms with E-state index < -0.39 is 5.60 Å². The normalized spacial score (nSPS) is 22.9. The number of carbonyl (C=O) groups excluding carboxylic acids is 2. The molecule has 0 unspecified atom stereocenters. The average Bonchev–Trinajstić information content (AvgIpc) is 2.17. The van der Waals surface area contributed by atoms with E-state index in [0.717, 1.165) is 19.3 Å². The molecule has 1 aliphatic carbocycles. The molecular weight excluding hydrogens is 234 g/mol. The first kappa shape index (κ1) is 14.8. The van der Waals surface area contributed by atoms with E-state index in [0.29, 0.717) is 12.3 Å². The van der Waals surface area contributed by atoms with Crippen molar-refractivity contribution in [1.82, 2.24) is 10.7 Å². The minimum Gasteiger partial charge on any atom is -0.444 e. The van der Waals surface area contributed by atoms with E-state index in [4.69, 9.17) is 10.6 Å². The number of alkyl carbamates (subject to hydrolysis) is 1. The Labute approximate surface area is 108 Å². The Hall–Kier alpha value is -1.30. The summed E-state index contributed by atoms with van der Waals surface area (Å²) >= 11 is 0. The first-order chi connectivity index (χ1) is 8.30. The molecule has 0 atom stereocenters. The van der Waals surface area contributed by atoms with Crippen molar-refractivity contribution < 1.29 is 14.3 Å². The van der Waals surface area contributed by atoms with Gasteiger partial charge in [0.2, 0.25) is 5.91 Å². The second kappa shape index (κ2) is 6.04. The third-order valence-electron chi connectivity index (χ3n) is 2.90. The number of amides is 2. The predicted molar refractivity (Wildman–Crippen MR) is 67.4 cm³/mol. The highest BCUT2D eigenvalue weighted by Crippen LogP contribution is 2.31. The van der Waals surface area contributed by atoms with Gasteiger partial charge in [0.25, 0.3) is 0 Å². The van der Waals surface area contributed by atoms with Gasteiger partial charge in [-0.3, -0.25) is 10.2 Å². The van der Waals surface area contributed by atoms with Crippen molar-refractivity contribution in [1.29, 1.82) is 0 Å². The van der Waals surface area contributed by atoms with Crippen molar-refractivity contribution in [2.45, 2.75) is 58.1 Å². The molecule has 18 heavy (non-hydrogen) atoms. The topological polar surface area (TPSA) is 93.4 Å². The molecule has 1 saturated carbocycles. The summed E-state index contributed by atoms with van der Waals surface area (Å²) in [5.41, 5.74) is 1.64. The van der Waals surface area contributed by atoms with E-state index in [1.807, 2.05) is 20.8 Å². The molecule has 0 aromatic carbocycles. The van der Waals surface area contributed by atoms with Crippen LogP contribution in [0, 0.1) is 5.92 Å². The SMILES string of the molecule is CC(C)(C)OC(=O)N[C@H]1C[C@@H](CCC(=O)NN)C1. The minimum absolute atomic E-state index is 0.140. The highest BCUT2D eigenvalue weighted by atomic mass is 16.6. The van der Waals surface area contributed by atoms with Crippen molar-refractivity contribution >= 4 is 12.0 Å². The molecule has 6 nitrogen and oxygen atoms in total. The summed E-state index contributed by atoms with van der Waals surface area (Å²) < 4.78 is 5.16. The van der Waals surface area contributed by atoms with Gasteiger partial charge in [-0.25, -0.2) is 10.6 Å². The maximum absolute atomic E-state index is 11.5. The summed E-state index contributed by atoms with van der Waals surface area (Å²) in [6.07, 6.45) is 2.69. The van der Waals surface area contributed by atoms with Gasteiger partial charge in [0, 0.05) is 12.5 Å². The second-order valence-corrected chi connectivity index (χ2v) is 5.79. The standard InChI is InChI=1S/C12H23N3O3/c1-12(2,3)18-11(17)14-9-6-8(7-9)4-5-10(16)15-13/h8-9H,4-7,13H2,1-3H3,(H,14,17)(H,15,16)/t8-,9+. The zero-order valence-corrected chi connectivity index (χ0v) is 11.3. The van der Waals surface area contributed by atoms with Gasteiger partial charge in [-0.05, 0) is 46.0 Å². The van der Waals surface area contributed by atoms with E-state index in [-0.39, 0.29) is 18.0 Å². The Balaban J connectivity index is 2.12. The number of hydrogen-bond acceptors (Lipinski definition) is 4. The zero-order valence-electron chi connectivity index (χ0n) is 11.3. The Bertz CT molecular complexity index is 306. The van der Waals surface area contributed by atoms with Crippen molar-refractivity contribution in [3.8, 4) is 0 Å². The number of hydrazine groups is 1. The average molecular weight is 257 g/mol. The number of carbonyl (C=O) groups is 2. The lowest BCUT2D eigenvalue weighted by molar-refractivity contribution is -0.121. The number of nitrogens with two attached hydrogens (primary N) is 1. The zero-order chi connectivity index (χ0) is 13.8. The van der Waals surface area contributed by atoms with Crippen LogP contribution in [0.15, 0.2) is 0 Å². The molecule has 4 N–H and O–H groups in total. The van der Waals surface area contributed by atoms with Gasteiger partial charge in [-0.2, -0.15) is 0 Å². The molecule has 6 heteroatoms. The van der Waals surface area contributed by atoms with Crippen LogP contribution in [0.25, 0.3) is 0 Å². The molecule has 0 radical (unpaired) electrons. The summed E-state index contributed by atoms with van der Waals surface area (Å²) in [5, 5.41) is 2.82. The molecule has 0 aromatic rings. The fraction of sp³-hybridized carbons (Fsp3) is 0.833. The van der Waals surface area contributed by atoms with Crippen LogP contribution in [-0.2, 0) is 9.53 Å². The summed E-state index contributed by atoms with van der Waals surface area (Å²) in [6.45, 7) is 5.50. The molecule has 2 amide bonds. The summed E-state index contributed by atoms with van der Waals surface area (Å²) in [7, 11) is 0. The second-order valence-electron chi connectivity index (χ2n) is 5.79. The highest BCUT2D eigenvalue weighted by molar-refractivity contribution is 5.75. The van der Waals surface area contributed by atoms with Gasteiger partial charge in [0.15, 0.2) is 0 Å². The van der Waals surface area contributed by atoms with E-state index >= 15 is 0 Å². The van der Waals surface area contributed by atoms with Crippen LogP contribution in [0.1, 0.15) is 46.5 Å². The molecule has 0 heterocycles. The fourth-order valence-corrected chi connectivity index (χ4v) is 1.97. The maximum Gasteiger partial charge on any atom is 0.407 e. The van der Waals surface area contributed by atoms with Crippen LogP contribution in [-0.4, -0.2) is 23.6 Å².